The molecular weight excluding hydrogens is 590 g/mol. The SMILES string of the molecule is CC(C)c1onc(-c2c(Cl)cccc2Cl)c1COc1ccc(C2CN(c3cc(F)cc(-c4nnn[nH]4)c3)C2)c(Cl)c1. The summed E-state index contributed by atoms with van der Waals surface area (Å²) in [7, 11) is 0. The largest absolute Gasteiger partial charge is 0.489 e. The molecule has 6 rings (SSSR count). The Hall–Kier alpha value is -3.66. The van der Waals surface area contributed by atoms with Crippen LogP contribution in [-0.2, 0) is 6.61 Å². The van der Waals surface area contributed by atoms with Crippen molar-refractivity contribution in [3.05, 3.63) is 92.4 Å². The van der Waals surface area contributed by atoms with Crippen LogP contribution >= 0.6 is 34.8 Å². The van der Waals surface area contributed by atoms with E-state index in [2.05, 4.69) is 30.7 Å². The molecule has 2 aromatic heterocycles. The van der Waals surface area contributed by atoms with Crippen molar-refractivity contribution in [2.45, 2.75) is 32.3 Å². The first-order valence-electron chi connectivity index (χ1n) is 12.9. The van der Waals surface area contributed by atoms with E-state index < -0.39 is 0 Å². The fraction of sp³-hybridized carbons (Fsp3) is 0.241. The van der Waals surface area contributed by atoms with Crippen molar-refractivity contribution < 1.29 is 13.7 Å². The molecule has 8 nitrogen and oxygen atoms in total. The summed E-state index contributed by atoms with van der Waals surface area (Å²) in [6, 6.07) is 15.7. The zero-order valence-electron chi connectivity index (χ0n) is 22.0. The van der Waals surface area contributed by atoms with Gasteiger partial charge in [-0.15, -0.1) is 5.10 Å². The first-order chi connectivity index (χ1) is 19.8. The maximum Gasteiger partial charge on any atom is 0.179 e. The van der Waals surface area contributed by atoms with E-state index in [1.807, 2.05) is 32.0 Å². The van der Waals surface area contributed by atoms with Gasteiger partial charge in [0.1, 0.15) is 29.6 Å². The molecule has 0 saturated carbocycles. The van der Waals surface area contributed by atoms with Crippen LogP contribution in [-0.4, -0.2) is 38.9 Å². The van der Waals surface area contributed by atoms with E-state index in [0.29, 0.717) is 62.3 Å². The van der Waals surface area contributed by atoms with Crippen molar-refractivity contribution in [3.63, 3.8) is 0 Å². The molecule has 0 radical (unpaired) electrons. The number of aromatic nitrogens is 5. The van der Waals surface area contributed by atoms with Crippen molar-refractivity contribution in [1.82, 2.24) is 25.8 Å². The normalized spacial score (nSPS) is 13.6. The van der Waals surface area contributed by atoms with Crippen molar-refractivity contribution in [2.75, 3.05) is 18.0 Å². The number of ether oxygens (including phenoxy) is 1. The van der Waals surface area contributed by atoms with Crippen LogP contribution < -0.4 is 9.64 Å². The molecule has 0 spiro atoms. The fourth-order valence-corrected chi connectivity index (χ4v) is 5.88. The zero-order valence-corrected chi connectivity index (χ0v) is 24.3. The van der Waals surface area contributed by atoms with Gasteiger partial charge in [-0.25, -0.2) is 9.49 Å². The van der Waals surface area contributed by atoms with Crippen LogP contribution in [0.3, 0.4) is 0 Å². The average Bonchev–Trinajstić information content (AvgIpc) is 3.58. The Kier molecular flexibility index (Phi) is 7.59. The summed E-state index contributed by atoms with van der Waals surface area (Å²) in [4.78, 5) is 2.09. The number of nitrogens with one attached hydrogen (secondary N) is 1. The van der Waals surface area contributed by atoms with Crippen LogP contribution in [0.4, 0.5) is 10.1 Å². The lowest BCUT2D eigenvalue weighted by molar-refractivity contribution is 0.298. The number of rotatable bonds is 8. The topological polar surface area (TPSA) is 93.0 Å². The van der Waals surface area contributed by atoms with Crippen LogP contribution in [0.15, 0.2) is 59.1 Å². The predicted octanol–water partition coefficient (Wildman–Crippen LogP) is 7.93. The first kappa shape index (κ1) is 27.5. The van der Waals surface area contributed by atoms with Gasteiger partial charge in [0.15, 0.2) is 5.82 Å². The molecular formula is C29H24Cl3FN6O2. The number of halogens is 4. The maximum absolute atomic E-state index is 14.3. The summed E-state index contributed by atoms with van der Waals surface area (Å²) in [6.45, 7) is 5.62. The third-order valence-electron chi connectivity index (χ3n) is 7.09. The summed E-state index contributed by atoms with van der Waals surface area (Å²) >= 11 is 19.6. The van der Waals surface area contributed by atoms with E-state index >= 15 is 0 Å². The molecule has 0 amide bonds. The number of benzene rings is 3. The monoisotopic (exact) mass is 612 g/mol. The maximum atomic E-state index is 14.3. The number of hydrogen-bond acceptors (Lipinski definition) is 7. The minimum Gasteiger partial charge on any atom is -0.489 e. The van der Waals surface area contributed by atoms with Crippen LogP contribution in [0.2, 0.25) is 15.1 Å². The molecule has 1 N–H and O–H groups in total. The highest BCUT2D eigenvalue weighted by atomic mass is 35.5. The van der Waals surface area contributed by atoms with E-state index in [1.54, 1.807) is 24.3 Å². The molecule has 0 atom stereocenters. The van der Waals surface area contributed by atoms with Crippen LogP contribution in [0.1, 0.15) is 42.6 Å². The van der Waals surface area contributed by atoms with E-state index in [9.17, 15) is 4.39 Å². The lowest BCUT2D eigenvalue weighted by Gasteiger charge is -2.42. The molecule has 1 aliphatic rings. The van der Waals surface area contributed by atoms with Gasteiger partial charge in [-0.05, 0) is 58.5 Å². The van der Waals surface area contributed by atoms with Crippen molar-refractivity contribution in [1.29, 1.82) is 0 Å². The molecule has 210 valence electrons. The van der Waals surface area contributed by atoms with Gasteiger partial charge in [-0.2, -0.15) is 0 Å². The summed E-state index contributed by atoms with van der Waals surface area (Å²) < 4.78 is 26.1. The Morgan fingerprint density at radius 1 is 1.05 bits per heavy atom. The van der Waals surface area contributed by atoms with Crippen molar-refractivity contribution in [3.8, 4) is 28.4 Å². The molecule has 5 aromatic rings. The molecule has 41 heavy (non-hydrogen) atoms. The van der Waals surface area contributed by atoms with Crippen molar-refractivity contribution >= 4 is 40.5 Å². The Bertz CT molecular complexity index is 1680. The van der Waals surface area contributed by atoms with Gasteiger partial charge >= 0.3 is 0 Å². The van der Waals surface area contributed by atoms with Gasteiger partial charge < -0.3 is 14.2 Å². The summed E-state index contributed by atoms with van der Waals surface area (Å²) in [5, 5.41) is 19.5. The number of aromatic amines is 1. The van der Waals surface area contributed by atoms with Crippen molar-refractivity contribution in [2.24, 2.45) is 0 Å². The highest BCUT2D eigenvalue weighted by Gasteiger charge is 2.31. The second-order valence-electron chi connectivity index (χ2n) is 10.1. The van der Waals surface area contributed by atoms with E-state index in [0.717, 1.165) is 16.8 Å². The molecule has 1 fully saturated rings. The van der Waals surface area contributed by atoms with Gasteiger partial charge in [0.25, 0.3) is 0 Å². The van der Waals surface area contributed by atoms with Gasteiger partial charge in [-0.3, -0.25) is 0 Å². The standard InChI is InChI=1S/C29H24Cl3FN6O2/c1-15(2)28-22(27(36-41-28)26-23(30)4-3-5-24(26)31)14-40-20-6-7-21(25(32)11-20)17-12-39(13-17)19-9-16(8-18(33)10-19)29-34-37-38-35-29/h3-11,15,17H,12-14H2,1-2H3,(H,34,35,37,38). The zero-order chi connectivity index (χ0) is 28.7. The number of anilines is 1. The van der Waals surface area contributed by atoms with Crippen LogP contribution in [0.5, 0.6) is 5.75 Å². The Labute approximate surface area is 250 Å². The van der Waals surface area contributed by atoms with Crippen LogP contribution in [0.25, 0.3) is 22.6 Å². The number of hydrogen-bond donors (Lipinski definition) is 1. The minimum atomic E-state index is -0.356. The number of nitrogens with zero attached hydrogens (tertiary/aromatic N) is 5. The molecule has 3 heterocycles. The lowest BCUT2D eigenvalue weighted by Crippen LogP contribution is -2.45. The third-order valence-corrected chi connectivity index (χ3v) is 8.04. The van der Waals surface area contributed by atoms with Gasteiger partial charge in [-0.1, -0.05) is 65.9 Å². The third kappa shape index (κ3) is 5.49. The average molecular weight is 614 g/mol. The number of tetrazole rings is 1. The summed E-state index contributed by atoms with van der Waals surface area (Å²) in [6.07, 6.45) is 0. The van der Waals surface area contributed by atoms with E-state index in [-0.39, 0.29) is 24.3 Å². The van der Waals surface area contributed by atoms with E-state index in [4.69, 9.17) is 44.1 Å². The second kappa shape index (κ2) is 11.3. The summed E-state index contributed by atoms with van der Waals surface area (Å²) in [5.41, 5.74) is 4.29. The Balaban J connectivity index is 1.16. The molecule has 1 aliphatic heterocycles. The highest BCUT2D eigenvalue weighted by Crippen LogP contribution is 2.40. The molecule has 0 aliphatic carbocycles. The molecule has 12 heteroatoms. The highest BCUT2D eigenvalue weighted by molar-refractivity contribution is 6.39. The van der Waals surface area contributed by atoms with Gasteiger partial charge in [0, 0.05) is 46.8 Å². The first-order valence-corrected chi connectivity index (χ1v) is 14.1. The lowest BCUT2D eigenvalue weighted by atomic mass is 9.90. The smallest absolute Gasteiger partial charge is 0.179 e. The number of H-pyrrole nitrogens is 1. The van der Waals surface area contributed by atoms with E-state index in [1.165, 1.54) is 12.1 Å². The van der Waals surface area contributed by atoms with Crippen LogP contribution in [0, 0.1) is 5.82 Å². The fourth-order valence-electron chi connectivity index (χ4n) is 4.98. The minimum absolute atomic E-state index is 0.0743. The molecule has 0 unspecified atom stereocenters. The van der Waals surface area contributed by atoms with Gasteiger partial charge in [0.05, 0.1) is 15.6 Å². The molecule has 3 aromatic carbocycles. The Morgan fingerprint density at radius 2 is 1.83 bits per heavy atom. The molecule has 1 saturated heterocycles. The summed E-state index contributed by atoms with van der Waals surface area (Å²) in [5.74, 6) is 1.63. The quantitative estimate of drug-likeness (QED) is 0.190. The molecule has 0 bridgehead atoms. The second-order valence-corrected chi connectivity index (χ2v) is 11.4. The predicted molar refractivity (Wildman–Crippen MR) is 156 cm³/mol. The Morgan fingerprint density at radius 3 is 2.51 bits per heavy atom. The van der Waals surface area contributed by atoms with Gasteiger partial charge in [0.2, 0.25) is 0 Å².